The first kappa shape index (κ1) is 20.8. The molecule has 0 amide bonds. The van der Waals surface area contributed by atoms with Crippen LogP contribution in [0, 0.1) is 17.8 Å². The normalized spacial score (nSPS) is 35.0. The van der Waals surface area contributed by atoms with Crippen LogP contribution < -0.4 is 4.90 Å². The molecule has 3 heteroatoms. The summed E-state index contributed by atoms with van der Waals surface area (Å²) in [6.07, 6.45) is 12.7. The minimum atomic E-state index is -0.677. The van der Waals surface area contributed by atoms with E-state index in [-0.39, 0.29) is 0 Å². The molecule has 1 aromatic carbocycles. The number of anilines is 1. The summed E-state index contributed by atoms with van der Waals surface area (Å²) in [5, 5.41) is 11.6. The van der Waals surface area contributed by atoms with Crippen LogP contribution >= 0.6 is 0 Å². The largest absolute Gasteiger partial charge is 0.385 e. The van der Waals surface area contributed by atoms with Gasteiger partial charge in [0.15, 0.2) is 0 Å². The van der Waals surface area contributed by atoms with E-state index in [0.717, 1.165) is 32.1 Å². The second-order valence-corrected chi connectivity index (χ2v) is 10.3. The molecule has 164 valence electrons. The van der Waals surface area contributed by atoms with Gasteiger partial charge in [-0.15, -0.1) is 0 Å². The predicted octanol–water partition coefficient (Wildman–Crippen LogP) is 5.57. The van der Waals surface area contributed by atoms with Gasteiger partial charge in [0.05, 0.1) is 5.60 Å². The third-order valence-corrected chi connectivity index (χ3v) is 8.48. The standard InChI is InChI=1S/C28H35NO2/c1-4-14-28(31)15-13-23-24-11-7-19-16-21(30)10-12-22(19)27(24)25(17-26(23)28)18-5-8-20(9-6-18)29(2)3/h4-9,14,23-26,31H,10-13,15-17H2,1-3H3/t23?,24?,25?,26?,28-/m0/s1. The van der Waals surface area contributed by atoms with Crippen molar-refractivity contribution in [3.05, 3.63) is 64.8 Å². The lowest BCUT2D eigenvalue weighted by Crippen LogP contribution is -2.42. The average molecular weight is 418 g/mol. The summed E-state index contributed by atoms with van der Waals surface area (Å²) in [7, 11) is 4.15. The van der Waals surface area contributed by atoms with E-state index in [2.05, 4.69) is 55.4 Å². The summed E-state index contributed by atoms with van der Waals surface area (Å²) >= 11 is 0. The molecule has 1 aromatic rings. The van der Waals surface area contributed by atoms with Gasteiger partial charge in [0.1, 0.15) is 5.78 Å². The number of allylic oxidation sites excluding steroid dienone is 5. The van der Waals surface area contributed by atoms with Crippen molar-refractivity contribution in [2.75, 3.05) is 19.0 Å². The summed E-state index contributed by atoms with van der Waals surface area (Å²) in [6, 6.07) is 9.03. The molecule has 4 aliphatic rings. The van der Waals surface area contributed by atoms with Crippen LogP contribution in [0.3, 0.4) is 0 Å². The van der Waals surface area contributed by atoms with Gasteiger partial charge in [-0.2, -0.15) is 0 Å². The van der Waals surface area contributed by atoms with E-state index in [0.29, 0.717) is 42.3 Å². The Morgan fingerprint density at radius 1 is 1.16 bits per heavy atom. The van der Waals surface area contributed by atoms with Crippen LogP contribution in [-0.4, -0.2) is 30.6 Å². The Morgan fingerprint density at radius 3 is 2.65 bits per heavy atom. The van der Waals surface area contributed by atoms with Gasteiger partial charge in [-0.25, -0.2) is 0 Å². The molecule has 0 radical (unpaired) electrons. The molecule has 4 aliphatic carbocycles. The number of carbonyl (C=O) groups is 1. The van der Waals surface area contributed by atoms with E-state index in [1.165, 1.54) is 22.4 Å². The minimum absolute atomic E-state index is 0.303. The molecule has 0 bridgehead atoms. The molecule has 0 aliphatic heterocycles. The number of nitrogens with zero attached hydrogens (tertiary/aromatic N) is 1. The highest BCUT2D eigenvalue weighted by Crippen LogP contribution is 2.60. The molecule has 5 atom stereocenters. The highest BCUT2D eigenvalue weighted by Gasteiger charge is 2.54. The Balaban J connectivity index is 1.60. The molecule has 0 spiro atoms. The van der Waals surface area contributed by atoms with Crippen molar-refractivity contribution in [2.45, 2.75) is 63.4 Å². The van der Waals surface area contributed by atoms with E-state index in [1.54, 1.807) is 5.57 Å². The van der Waals surface area contributed by atoms with Crippen LogP contribution in [0.2, 0.25) is 0 Å². The number of rotatable bonds is 3. The third kappa shape index (κ3) is 3.42. The zero-order valence-electron chi connectivity index (χ0n) is 19.1. The number of hydrogen-bond donors (Lipinski definition) is 1. The summed E-state index contributed by atoms with van der Waals surface area (Å²) < 4.78 is 0. The number of carbonyl (C=O) groups excluding carboxylic acids is 1. The smallest absolute Gasteiger partial charge is 0.137 e. The van der Waals surface area contributed by atoms with Crippen molar-refractivity contribution in [3.8, 4) is 0 Å². The molecule has 0 saturated heterocycles. The highest BCUT2D eigenvalue weighted by atomic mass is 16.3. The average Bonchev–Trinajstić information content (AvgIpc) is 3.09. The molecular weight excluding hydrogens is 382 g/mol. The van der Waals surface area contributed by atoms with Crippen LogP contribution in [0.15, 0.2) is 59.2 Å². The van der Waals surface area contributed by atoms with Gasteiger partial charge in [-0.1, -0.05) is 35.9 Å². The SMILES string of the molecule is CC=C[C@]1(O)CCC2C3CC=C4CC(=O)CCC4=C3C(c3ccc(N(C)C)cc3)CC21. The number of hydrogen-bond acceptors (Lipinski definition) is 3. The zero-order valence-corrected chi connectivity index (χ0v) is 19.1. The predicted molar refractivity (Wildman–Crippen MR) is 126 cm³/mol. The van der Waals surface area contributed by atoms with E-state index in [4.69, 9.17) is 0 Å². The first-order valence-corrected chi connectivity index (χ1v) is 12.0. The van der Waals surface area contributed by atoms with Crippen molar-refractivity contribution in [2.24, 2.45) is 17.8 Å². The summed E-state index contributed by atoms with van der Waals surface area (Å²) in [6.45, 7) is 2.02. The van der Waals surface area contributed by atoms with Crippen molar-refractivity contribution < 1.29 is 9.90 Å². The summed E-state index contributed by atoms with van der Waals surface area (Å²) in [5.41, 5.74) is 6.29. The number of Topliss-reactive ketones (excluding diaryl/α,β-unsaturated/α-hetero) is 1. The topological polar surface area (TPSA) is 40.5 Å². The summed E-state index contributed by atoms with van der Waals surface area (Å²) in [5.74, 6) is 2.07. The van der Waals surface area contributed by atoms with Crippen LogP contribution in [0.1, 0.15) is 63.4 Å². The molecule has 3 fully saturated rings. The molecule has 0 aromatic heterocycles. The van der Waals surface area contributed by atoms with Crippen LogP contribution in [0.5, 0.6) is 0 Å². The van der Waals surface area contributed by atoms with Gasteiger partial charge in [-0.3, -0.25) is 4.79 Å². The number of ketones is 1. The van der Waals surface area contributed by atoms with Gasteiger partial charge in [0.25, 0.3) is 0 Å². The fourth-order valence-corrected chi connectivity index (χ4v) is 7.06. The van der Waals surface area contributed by atoms with Gasteiger partial charge >= 0.3 is 0 Å². The highest BCUT2D eigenvalue weighted by molar-refractivity contribution is 5.84. The van der Waals surface area contributed by atoms with Gasteiger partial charge in [-0.05, 0) is 85.6 Å². The number of fused-ring (bicyclic) bond motifs is 4. The molecule has 5 rings (SSSR count). The molecule has 3 saturated carbocycles. The molecule has 3 nitrogen and oxygen atoms in total. The quantitative estimate of drug-likeness (QED) is 0.654. The number of aliphatic hydroxyl groups is 1. The van der Waals surface area contributed by atoms with Crippen molar-refractivity contribution >= 4 is 11.5 Å². The molecule has 4 unspecified atom stereocenters. The van der Waals surface area contributed by atoms with Crippen molar-refractivity contribution in [1.82, 2.24) is 0 Å². The first-order valence-electron chi connectivity index (χ1n) is 12.0. The monoisotopic (exact) mass is 417 g/mol. The zero-order chi connectivity index (χ0) is 21.8. The molecule has 0 heterocycles. The maximum Gasteiger partial charge on any atom is 0.137 e. The van der Waals surface area contributed by atoms with Crippen molar-refractivity contribution in [1.29, 1.82) is 0 Å². The second-order valence-electron chi connectivity index (χ2n) is 10.3. The fraction of sp³-hybridized carbons (Fsp3) is 0.536. The molecule has 31 heavy (non-hydrogen) atoms. The lowest BCUT2D eigenvalue weighted by molar-refractivity contribution is -0.118. The van der Waals surface area contributed by atoms with Crippen LogP contribution in [0.25, 0.3) is 0 Å². The number of benzene rings is 1. The molecular formula is C28H35NO2. The Hall–Kier alpha value is -2.13. The van der Waals surface area contributed by atoms with E-state index in [9.17, 15) is 9.90 Å². The summed E-state index contributed by atoms with van der Waals surface area (Å²) in [4.78, 5) is 14.3. The Kier molecular flexibility index (Phi) is 5.21. The van der Waals surface area contributed by atoms with Gasteiger partial charge < -0.3 is 10.0 Å². The van der Waals surface area contributed by atoms with E-state index in [1.807, 2.05) is 13.0 Å². The lowest BCUT2D eigenvalue weighted by Gasteiger charge is -2.47. The van der Waals surface area contributed by atoms with E-state index >= 15 is 0 Å². The van der Waals surface area contributed by atoms with Crippen LogP contribution in [0.4, 0.5) is 5.69 Å². The van der Waals surface area contributed by atoms with E-state index < -0.39 is 5.60 Å². The Labute approximate surface area is 186 Å². The van der Waals surface area contributed by atoms with Gasteiger partial charge in [0, 0.05) is 38.5 Å². The second kappa shape index (κ2) is 7.78. The lowest BCUT2D eigenvalue weighted by atomic mass is 9.57. The minimum Gasteiger partial charge on any atom is -0.385 e. The van der Waals surface area contributed by atoms with Gasteiger partial charge in [0.2, 0.25) is 0 Å². The third-order valence-electron chi connectivity index (χ3n) is 8.48. The van der Waals surface area contributed by atoms with Crippen LogP contribution in [-0.2, 0) is 4.79 Å². The maximum atomic E-state index is 12.2. The Morgan fingerprint density at radius 2 is 1.94 bits per heavy atom. The maximum absolute atomic E-state index is 12.2. The molecule has 1 N–H and O–H groups in total. The Bertz CT molecular complexity index is 967. The first-order chi connectivity index (χ1) is 14.9. The van der Waals surface area contributed by atoms with Crippen molar-refractivity contribution in [3.63, 3.8) is 0 Å². The fourth-order valence-electron chi connectivity index (χ4n) is 7.06.